The van der Waals surface area contributed by atoms with Crippen LogP contribution in [0, 0.1) is 17.3 Å². The Morgan fingerprint density at radius 1 is 1.23 bits per heavy atom. The minimum Gasteiger partial charge on any atom is -0.477 e. The number of pyridine rings is 1. The van der Waals surface area contributed by atoms with Gasteiger partial charge in [-0.3, -0.25) is 0 Å². The predicted octanol–water partition coefficient (Wildman–Crippen LogP) is 4.38. The van der Waals surface area contributed by atoms with Gasteiger partial charge >= 0.3 is 0 Å². The molecule has 2 fully saturated rings. The van der Waals surface area contributed by atoms with E-state index in [-0.39, 0.29) is 35.5 Å². The highest BCUT2D eigenvalue weighted by atomic mass is 127. The van der Waals surface area contributed by atoms with E-state index in [9.17, 15) is 0 Å². The molecule has 6 nitrogen and oxygen atoms in total. The number of aromatic nitrogens is 1. The lowest BCUT2D eigenvalue weighted by atomic mass is 9.78. The third-order valence-corrected chi connectivity index (χ3v) is 5.56. The van der Waals surface area contributed by atoms with Crippen LogP contribution in [-0.2, 0) is 11.3 Å². The van der Waals surface area contributed by atoms with Gasteiger partial charge in [0, 0.05) is 37.9 Å². The summed E-state index contributed by atoms with van der Waals surface area (Å²) in [6, 6.07) is 3.99. The second-order valence-corrected chi connectivity index (χ2v) is 9.39. The number of nitrogens with one attached hydrogen (secondary N) is 2. The molecule has 0 radical (unpaired) electrons. The monoisotopic (exact) mass is 530 g/mol. The van der Waals surface area contributed by atoms with Crippen molar-refractivity contribution in [3.63, 3.8) is 0 Å². The van der Waals surface area contributed by atoms with E-state index in [1.165, 1.54) is 19.3 Å². The van der Waals surface area contributed by atoms with Crippen LogP contribution in [0.1, 0.15) is 58.9 Å². The maximum Gasteiger partial charge on any atom is 0.213 e. The lowest BCUT2D eigenvalue weighted by Gasteiger charge is -2.40. The fourth-order valence-electron chi connectivity index (χ4n) is 3.83. The van der Waals surface area contributed by atoms with Gasteiger partial charge in [0.15, 0.2) is 5.96 Å². The Hall–Kier alpha value is -1.09. The summed E-state index contributed by atoms with van der Waals surface area (Å²) >= 11 is 0. The van der Waals surface area contributed by atoms with Crippen LogP contribution in [0.3, 0.4) is 0 Å². The van der Waals surface area contributed by atoms with Gasteiger partial charge in [-0.25, -0.2) is 9.98 Å². The van der Waals surface area contributed by atoms with Crippen molar-refractivity contribution in [3.8, 4) is 5.88 Å². The molecule has 170 valence electrons. The summed E-state index contributed by atoms with van der Waals surface area (Å²) in [4.78, 5) is 9.15. The number of guanidine groups is 1. The third kappa shape index (κ3) is 8.21. The van der Waals surface area contributed by atoms with Crippen molar-refractivity contribution >= 4 is 29.9 Å². The maximum atomic E-state index is 6.11. The van der Waals surface area contributed by atoms with E-state index in [0.29, 0.717) is 18.3 Å². The molecule has 2 N–H and O–H groups in total. The van der Waals surface area contributed by atoms with Crippen molar-refractivity contribution in [2.24, 2.45) is 22.2 Å². The topological polar surface area (TPSA) is 67.8 Å². The second kappa shape index (κ2) is 12.1. The van der Waals surface area contributed by atoms with Gasteiger partial charge in [0.2, 0.25) is 5.88 Å². The molecule has 0 amide bonds. The molecule has 7 heteroatoms. The average molecular weight is 530 g/mol. The van der Waals surface area contributed by atoms with Crippen molar-refractivity contribution in [1.82, 2.24) is 15.6 Å². The van der Waals surface area contributed by atoms with E-state index >= 15 is 0 Å². The first-order valence-corrected chi connectivity index (χ1v) is 11.2. The first-order valence-electron chi connectivity index (χ1n) is 11.2. The van der Waals surface area contributed by atoms with Crippen LogP contribution in [0.4, 0.5) is 0 Å². The van der Waals surface area contributed by atoms with E-state index in [0.717, 1.165) is 50.2 Å². The van der Waals surface area contributed by atoms with Gasteiger partial charge in [0.05, 0.1) is 19.3 Å². The van der Waals surface area contributed by atoms with Crippen LogP contribution in [0.15, 0.2) is 23.3 Å². The Morgan fingerprint density at radius 2 is 2.03 bits per heavy atom. The lowest BCUT2D eigenvalue weighted by Crippen LogP contribution is -2.47. The summed E-state index contributed by atoms with van der Waals surface area (Å²) < 4.78 is 11.8. The quantitative estimate of drug-likeness (QED) is 0.297. The zero-order valence-electron chi connectivity index (χ0n) is 18.9. The number of halogens is 1. The fraction of sp³-hybridized carbons (Fsp3) is 0.739. The molecule has 30 heavy (non-hydrogen) atoms. The highest BCUT2D eigenvalue weighted by Gasteiger charge is 2.35. The summed E-state index contributed by atoms with van der Waals surface area (Å²) in [5.41, 5.74) is 1.23. The first-order chi connectivity index (χ1) is 14.0. The van der Waals surface area contributed by atoms with Crippen molar-refractivity contribution < 1.29 is 9.47 Å². The number of nitrogens with zero attached hydrogens (tertiary/aromatic N) is 2. The third-order valence-electron chi connectivity index (χ3n) is 5.56. The highest BCUT2D eigenvalue weighted by Crippen LogP contribution is 2.33. The second-order valence-electron chi connectivity index (χ2n) is 9.39. The fourth-order valence-corrected chi connectivity index (χ4v) is 3.83. The smallest absolute Gasteiger partial charge is 0.213 e. The van der Waals surface area contributed by atoms with Gasteiger partial charge < -0.3 is 20.1 Å². The van der Waals surface area contributed by atoms with E-state index in [1.54, 1.807) is 0 Å². The normalized spacial score (nSPS) is 22.2. The van der Waals surface area contributed by atoms with Crippen molar-refractivity contribution in [2.75, 3.05) is 26.3 Å². The minimum atomic E-state index is 0. The summed E-state index contributed by atoms with van der Waals surface area (Å²) in [7, 11) is 0. The van der Waals surface area contributed by atoms with Gasteiger partial charge in [-0.1, -0.05) is 26.8 Å². The number of aliphatic imine (C=N–C) groups is 1. The molecule has 2 heterocycles. The minimum absolute atomic E-state index is 0. The zero-order chi connectivity index (χ0) is 20.7. The van der Waals surface area contributed by atoms with Crippen LogP contribution in [0.2, 0.25) is 0 Å². The van der Waals surface area contributed by atoms with E-state index in [1.807, 2.05) is 18.3 Å². The van der Waals surface area contributed by atoms with Crippen LogP contribution in [0.25, 0.3) is 0 Å². The number of ether oxygens (including phenoxy) is 2. The summed E-state index contributed by atoms with van der Waals surface area (Å²) in [5, 5.41) is 6.88. The van der Waals surface area contributed by atoms with Crippen LogP contribution in [-0.4, -0.2) is 43.4 Å². The molecule has 2 unspecified atom stereocenters. The largest absolute Gasteiger partial charge is 0.477 e. The molecule has 1 aliphatic heterocycles. The van der Waals surface area contributed by atoms with Crippen molar-refractivity contribution in [3.05, 3.63) is 23.9 Å². The van der Waals surface area contributed by atoms with Crippen molar-refractivity contribution in [2.45, 2.75) is 66.0 Å². The molecule has 1 saturated heterocycles. The Morgan fingerprint density at radius 3 is 2.67 bits per heavy atom. The molecule has 2 aliphatic rings. The Labute approximate surface area is 199 Å². The van der Waals surface area contributed by atoms with Crippen LogP contribution < -0.4 is 15.4 Å². The molecule has 0 aromatic carbocycles. The zero-order valence-corrected chi connectivity index (χ0v) is 21.3. The van der Waals surface area contributed by atoms with E-state index in [2.05, 4.69) is 43.3 Å². The van der Waals surface area contributed by atoms with Gasteiger partial charge in [-0.15, -0.1) is 24.0 Å². The molecule has 1 aromatic heterocycles. The summed E-state index contributed by atoms with van der Waals surface area (Å²) in [6.07, 6.45) is 7.04. The standard InChI is InChI=1S/C23H38N4O2.HI/c1-5-24-22(27-15-19-7-6-12-28-21(19)23(2,3)4)26-14-18-10-11-20(25-13-18)29-16-17-8-9-17;/h10-11,13,17,19,21H,5-9,12,14-16H2,1-4H3,(H2,24,26,27);1H. The molecule has 1 saturated carbocycles. The van der Waals surface area contributed by atoms with Crippen molar-refractivity contribution in [1.29, 1.82) is 0 Å². The molecule has 1 aromatic rings. The van der Waals surface area contributed by atoms with Gasteiger partial charge in [-0.2, -0.15) is 0 Å². The van der Waals surface area contributed by atoms with E-state index in [4.69, 9.17) is 14.5 Å². The Balaban J connectivity index is 0.00000320. The molecular formula is C23H39IN4O2. The maximum absolute atomic E-state index is 6.11. The number of rotatable bonds is 8. The van der Waals surface area contributed by atoms with Crippen LogP contribution in [0.5, 0.6) is 5.88 Å². The molecular weight excluding hydrogens is 491 g/mol. The molecule has 1 aliphatic carbocycles. The Kier molecular flexibility index (Phi) is 10.1. The number of hydrogen-bond donors (Lipinski definition) is 2. The SMILES string of the molecule is CCNC(=NCc1ccc(OCC2CC2)nc1)NCC1CCCOC1C(C)(C)C.I. The van der Waals surface area contributed by atoms with E-state index < -0.39 is 0 Å². The molecule has 3 rings (SSSR count). The molecule has 0 bridgehead atoms. The molecule has 2 atom stereocenters. The average Bonchev–Trinajstić information content (AvgIpc) is 3.53. The van der Waals surface area contributed by atoms with Gasteiger partial charge in [0.25, 0.3) is 0 Å². The van der Waals surface area contributed by atoms with Crippen LogP contribution >= 0.6 is 24.0 Å². The molecule has 0 spiro atoms. The Bertz CT molecular complexity index is 656. The first kappa shape index (κ1) is 25.2. The lowest BCUT2D eigenvalue weighted by molar-refractivity contribution is -0.0835. The number of hydrogen-bond acceptors (Lipinski definition) is 4. The van der Waals surface area contributed by atoms with Gasteiger partial charge in [-0.05, 0) is 49.5 Å². The highest BCUT2D eigenvalue weighted by molar-refractivity contribution is 14.0. The van der Waals surface area contributed by atoms with Gasteiger partial charge in [0.1, 0.15) is 0 Å². The predicted molar refractivity (Wildman–Crippen MR) is 133 cm³/mol. The summed E-state index contributed by atoms with van der Waals surface area (Å²) in [5.74, 6) is 2.79. The summed E-state index contributed by atoms with van der Waals surface area (Å²) in [6.45, 7) is 12.9.